The van der Waals surface area contributed by atoms with Gasteiger partial charge < -0.3 is 5.11 Å². The number of aliphatic hydroxyl groups is 1. The van der Waals surface area contributed by atoms with Crippen LogP contribution in [0.1, 0.15) is 22.7 Å². The van der Waals surface area contributed by atoms with Crippen LogP contribution in [-0.2, 0) is 9.59 Å². The normalized spacial score (nSPS) is 17.7. The number of hydrogen-bond acceptors (Lipinski definition) is 5. The van der Waals surface area contributed by atoms with Gasteiger partial charge in [-0.25, -0.2) is 0 Å². The Morgan fingerprint density at radius 2 is 1.65 bits per heavy atom. The minimum absolute atomic E-state index is 0.0953. The highest BCUT2D eigenvalue weighted by Gasteiger charge is 2.47. The highest BCUT2D eigenvalue weighted by molar-refractivity contribution is 6.51. The molecule has 1 N–H and O–H groups in total. The summed E-state index contributed by atoms with van der Waals surface area (Å²) in [6.07, 6.45) is 0. The van der Waals surface area contributed by atoms with Gasteiger partial charge in [-0.1, -0.05) is 60.7 Å². The van der Waals surface area contributed by atoms with E-state index in [0.717, 1.165) is 5.56 Å². The molecule has 7 heteroatoms. The van der Waals surface area contributed by atoms with Crippen LogP contribution in [0.15, 0.2) is 84.4 Å². The van der Waals surface area contributed by atoms with Gasteiger partial charge in [0, 0.05) is 23.4 Å². The predicted molar refractivity (Wildman–Crippen MR) is 116 cm³/mol. The SMILES string of the molecule is Cc1ccccc1N1C(=O)C(=O)/C(=C(\O)c2cccc([N+](=O)[O-])c2)C1c1ccccc1. The minimum atomic E-state index is -0.874. The van der Waals surface area contributed by atoms with Gasteiger partial charge in [0.2, 0.25) is 0 Å². The molecule has 1 aliphatic rings. The molecule has 3 aromatic rings. The average Bonchev–Trinajstić information content (AvgIpc) is 3.05. The van der Waals surface area contributed by atoms with E-state index in [1.165, 1.54) is 29.2 Å². The van der Waals surface area contributed by atoms with Gasteiger partial charge in [-0.15, -0.1) is 0 Å². The summed E-state index contributed by atoms with van der Waals surface area (Å²) in [5.41, 5.74) is 1.74. The van der Waals surface area contributed by atoms with E-state index in [1.807, 2.05) is 25.1 Å². The standard InChI is InChI=1S/C24H18N2O5/c1-15-8-5-6-13-19(15)25-21(16-9-3-2-4-10-16)20(23(28)24(25)29)22(27)17-11-7-12-18(14-17)26(30)31/h2-14,21,27H,1H3/b22-20-. The number of nitro benzene ring substituents is 1. The Labute approximate surface area is 178 Å². The zero-order valence-electron chi connectivity index (χ0n) is 16.6. The number of anilines is 1. The van der Waals surface area contributed by atoms with E-state index in [0.29, 0.717) is 11.3 Å². The Morgan fingerprint density at radius 1 is 0.968 bits per heavy atom. The molecule has 0 radical (unpaired) electrons. The Morgan fingerprint density at radius 3 is 2.32 bits per heavy atom. The lowest BCUT2D eigenvalue weighted by Crippen LogP contribution is -2.30. The Balaban J connectivity index is 1.96. The molecule has 31 heavy (non-hydrogen) atoms. The number of Topliss-reactive ketones (excluding diaryl/α,β-unsaturated/α-hetero) is 1. The van der Waals surface area contributed by atoms with Gasteiger partial charge in [0.1, 0.15) is 5.76 Å². The second-order valence-electron chi connectivity index (χ2n) is 7.17. The third kappa shape index (κ3) is 3.46. The number of aryl methyl sites for hydroxylation is 1. The molecule has 0 bridgehead atoms. The van der Waals surface area contributed by atoms with E-state index in [-0.39, 0.29) is 16.8 Å². The predicted octanol–water partition coefficient (Wildman–Crippen LogP) is 4.53. The van der Waals surface area contributed by atoms with Crippen LogP contribution in [-0.4, -0.2) is 21.7 Å². The zero-order valence-corrected chi connectivity index (χ0v) is 16.6. The van der Waals surface area contributed by atoms with E-state index in [9.17, 15) is 24.8 Å². The lowest BCUT2D eigenvalue weighted by molar-refractivity contribution is -0.384. The molecular weight excluding hydrogens is 396 g/mol. The molecule has 1 aliphatic heterocycles. The van der Waals surface area contributed by atoms with E-state index >= 15 is 0 Å². The molecular formula is C24H18N2O5. The summed E-state index contributed by atoms with van der Waals surface area (Å²) in [7, 11) is 0. The first kappa shape index (κ1) is 20.0. The Bertz CT molecular complexity index is 1230. The zero-order chi connectivity index (χ0) is 22.1. The number of hydrogen-bond donors (Lipinski definition) is 1. The van der Waals surface area contributed by atoms with Crippen molar-refractivity contribution < 1.29 is 19.6 Å². The lowest BCUT2D eigenvalue weighted by Gasteiger charge is -2.26. The summed E-state index contributed by atoms with van der Waals surface area (Å²) in [5, 5.41) is 22.2. The van der Waals surface area contributed by atoms with Gasteiger partial charge >= 0.3 is 0 Å². The van der Waals surface area contributed by atoms with Crippen molar-refractivity contribution in [1.29, 1.82) is 0 Å². The van der Waals surface area contributed by atoms with E-state index in [4.69, 9.17) is 0 Å². The molecule has 0 spiro atoms. The summed E-state index contributed by atoms with van der Waals surface area (Å²) in [4.78, 5) is 38.1. The first-order valence-corrected chi connectivity index (χ1v) is 9.56. The van der Waals surface area contributed by atoms with Gasteiger partial charge in [-0.3, -0.25) is 24.6 Å². The maximum atomic E-state index is 13.1. The summed E-state index contributed by atoms with van der Waals surface area (Å²) >= 11 is 0. The van der Waals surface area contributed by atoms with Crippen LogP contribution in [0.4, 0.5) is 11.4 Å². The number of non-ortho nitro benzene ring substituents is 1. The highest BCUT2D eigenvalue weighted by Crippen LogP contribution is 2.43. The van der Waals surface area contributed by atoms with Crippen molar-refractivity contribution in [2.45, 2.75) is 13.0 Å². The number of ketones is 1. The fraction of sp³-hybridized carbons (Fsp3) is 0.0833. The van der Waals surface area contributed by atoms with Crippen molar-refractivity contribution in [3.8, 4) is 0 Å². The van der Waals surface area contributed by atoms with E-state index < -0.39 is 28.4 Å². The summed E-state index contributed by atoms with van der Waals surface area (Å²) in [5.74, 6) is -2.07. The van der Waals surface area contributed by atoms with E-state index in [1.54, 1.807) is 36.4 Å². The molecule has 1 fully saturated rings. The second-order valence-corrected chi connectivity index (χ2v) is 7.17. The summed E-state index contributed by atoms with van der Waals surface area (Å²) in [6, 6.07) is 20.5. The largest absolute Gasteiger partial charge is 0.507 e. The van der Waals surface area contributed by atoms with Crippen LogP contribution < -0.4 is 4.90 Å². The molecule has 1 heterocycles. The van der Waals surface area contributed by atoms with Crippen molar-refractivity contribution in [3.05, 3.63) is 111 Å². The molecule has 1 unspecified atom stereocenters. The number of amides is 1. The molecule has 154 valence electrons. The monoisotopic (exact) mass is 414 g/mol. The number of para-hydroxylation sites is 1. The number of benzene rings is 3. The van der Waals surface area contributed by atoms with E-state index in [2.05, 4.69) is 0 Å². The van der Waals surface area contributed by atoms with Crippen molar-refractivity contribution >= 4 is 28.8 Å². The number of aliphatic hydroxyl groups excluding tert-OH is 1. The van der Waals surface area contributed by atoms with Gasteiger partial charge in [0.15, 0.2) is 0 Å². The molecule has 7 nitrogen and oxygen atoms in total. The first-order chi connectivity index (χ1) is 14.9. The van der Waals surface area contributed by atoms with Gasteiger partial charge in [0.25, 0.3) is 17.4 Å². The van der Waals surface area contributed by atoms with Crippen LogP contribution in [0.3, 0.4) is 0 Å². The van der Waals surface area contributed by atoms with Gasteiger partial charge in [-0.2, -0.15) is 0 Å². The van der Waals surface area contributed by atoms with Crippen LogP contribution in [0.5, 0.6) is 0 Å². The molecule has 0 aromatic heterocycles. The number of carbonyl (C=O) groups is 2. The fourth-order valence-electron chi connectivity index (χ4n) is 3.79. The smallest absolute Gasteiger partial charge is 0.300 e. The number of nitrogens with zero attached hydrogens (tertiary/aromatic N) is 2. The minimum Gasteiger partial charge on any atom is -0.507 e. The molecule has 4 rings (SSSR count). The molecule has 3 aromatic carbocycles. The highest BCUT2D eigenvalue weighted by atomic mass is 16.6. The summed E-state index contributed by atoms with van der Waals surface area (Å²) in [6.45, 7) is 1.83. The van der Waals surface area contributed by atoms with Crippen LogP contribution in [0.25, 0.3) is 5.76 Å². The Hall–Kier alpha value is -4.26. The maximum absolute atomic E-state index is 13.1. The molecule has 1 amide bonds. The number of nitro groups is 1. The molecule has 1 atom stereocenters. The average molecular weight is 414 g/mol. The first-order valence-electron chi connectivity index (χ1n) is 9.56. The van der Waals surface area contributed by atoms with Crippen molar-refractivity contribution in [2.24, 2.45) is 0 Å². The van der Waals surface area contributed by atoms with Crippen molar-refractivity contribution in [1.82, 2.24) is 0 Å². The van der Waals surface area contributed by atoms with Crippen LogP contribution in [0.2, 0.25) is 0 Å². The fourth-order valence-corrected chi connectivity index (χ4v) is 3.79. The maximum Gasteiger partial charge on any atom is 0.300 e. The number of carbonyl (C=O) groups excluding carboxylic acids is 2. The third-order valence-corrected chi connectivity index (χ3v) is 5.27. The lowest BCUT2D eigenvalue weighted by atomic mass is 9.95. The van der Waals surface area contributed by atoms with Crippen LogP contribution >= 0.6 is 0 Å². The Kier molecular flexibility index (Phi) is 5.09. The van der Waals surface area contributed by atoms with Gasteiger partial charge in [-0.05, 0) is 24.1 Å². The second kappa shape index (κ2) is 7.87. The topological polar surface area (TPSA) is 101 Å². The van der Waals surface area contributed by atoms with Gasteiger partial charge in [0.05, 0.1) is 16.5 Å². The quantitative estimate of drug-likeness (QED) is 0.222. The van der Waals surface area contributed by atoms with Crippen molar-refractivity contribution in [2.75, 3.05) is 4.90 Å². The molecule has 0 aliphatic carbocycles. The van der Waals surface area contributed by atoms with Crippen LogP contribution in [0, 0.1) is 17.0 Å². The van der Waals surface area contributed by atoms with Crippen molar-refractivity contribution in [3.63, 3.8) is 0 Å². The molecule has 1 saturated heterocycles. The third-order valence-electron chi connectivity index (χ3n) is 5.27. The summed E-state index contributed by atoms with van der Waals surface area (Å²) < 4.78 is 0. The molecule has 0 saturated carbocycles. The number of rotatable bonds is 4.